The average Bonchev–Trinajstić information content (AvgIpc) is 3.24. The highest BCUT2D eigenvalue weighted by Gasteiger charge is 2.26. The summed E-state index contributed by atoms with van der Waals surface area (Å²) in [4.78, 5) is 26.0. The van der Waals surface area contributed by atoms with Crippen LogP contribution in [0.5, 0.6) is 11.6 Å². The minimum atomic E-state index is -0.732. The van der Waals surface area contributed by atoms with Crippen molar-refractivity contribution in [3.8, 4) is 17.7 Å². The predicted octanol–water partition coefficient (Wildman–Crippen LogP) is 4.70. The van der Waals surface area contributed by atoms with E-state index in [2.05, 4.69) is 0 Å². The van der Waals surface area contributed by atoms with Gasteiger partial charge in [-0.25, -0.2) is 0 Å². The average molecular weight is 461 g/mol. The van der Waals surface area contributed by atoms with Gasteiger partial charge in [0.1, 0.15) is 17.4 Å². The van der Waals surface area contributed by atoms with Crippen molar-refractivity contribution in [1.82, 2.24) is 4.57 Å². The van der Waals surface area contributed by atoms with Crippen LogP contribution in [-0.4, -0.2) is 22.1 Å². The van der Waals surface area contributed by atoms with E-state index in [4.69, 9.17) is 32.4 Å². The van der Waals surface area contributed by atoms with Crippen molar-refractivity contribution < 1.29 is 19.1 Å². The Hall–Kier alpha value is -3.21. The summed E-state index contributed by atoms with van der Waals surface area (Å²) in [6, 6.07) is 7.78. The second kappa shape index (κ2) is 9.29. The monoisotopic (exact) mass is 460 g/mol. The van der Waals surface area contributed by atoms with Gasteiger partial charge in [0.25, 0.3) is 5.56 Å². The molecule has 3 rings (SSSR count). The summed E-state index contributed by atoms with van der Waals surface area (Å²) < 4.78 is 11.7. The number of hydrogen-bond donors (Lipinski definition) is 1. The Bertz CT molecular complexity index is 1220. The van der Waals surface area contributed by atoms with Gasteiger partial charge in [-0.15, -0.1) is 0 Å². The Kier molecular flexibility index (Phi) is 6.74. The van der Waals surface area contributed by atoms with Gasteiger partial charge in [0.05, 0.1) is 35.0 Å². The molecular formula is C22H18Cl2N2O5. The first-order chi connectivity index (χ1) is 14.8. The molecule has 0 amide bonds. The highest BCUT2D eigenvalue weighted by Crippen LogP contribution is 2.36. The minimum absolute atomic E-state index is 0.0595. The summed E-state index contributed by atoms with van der Waals surface area (Å²) in [5.41, 5.74) is -1.05. The number of ketones is 1. The lowest BCUT2D eigenvalue weighted by Crippen LogP contribution is -2.27. The molecule has 0 saturated carbocycles. The summed E-state index contributed by atoms with van der Waals surface area (Å²) in [6.45, 7) is 3.59. The number of carbonyl (C=O) groups excluding carboxylic acids is 1. The molecule has 1 aromatic carbocycles. The third kappa shape index (κ3) is 4.31. The van der Waals surface area contributed by atoms with Gasteiger partial charge >= 0.3 is 0 Å². The normalized spacial score (nSPS) is 10.7. The molecule has 0 radical (unpaired) electrons. The Morgan fingerprint density at radius 3 is 2.55 bits per heavy atom. The number of aromatic hydroxyl groups is 1. The number of rotatable bonds is 7. The Balaban J connectivity index is 2.15. The molecule has 0 aliphatic heterocycles. The van der Waals surface area contributed by atoms with Crippen LogP contribution in [0.1, 0.15) is 46.2 Å². The predicted molar refractivity (Wildman–Crippen MR) is 115 cm³/mol. The van der Waals surface area contributed by atoms with Crippen LogP contribution in [0.4, 0.5) is 0 Å². The van der Waals surface area contributed by atoms with Gasteiger partial charge in [-0.05, 0) is 43.2 Å². The van der Waals surface area contributed by atoms with E-state index in [1.54, 1.807) is 12.1 Å². The molecule has 0 bridgehead atoms. The second-order valence-electron chi connectivity index (χ2n) is 6.73. The van der Waals surface area contributed by atoms with Crippen LogP contribution in [0.15, 0.2) is 39.7 Å². The van der Waals surface area contributed by atoms with Crippen molar-refractivity contribution in [2.75, 3.05) is 6.61 Å². The third-order valence-electron chi connectivity index (χ3n) is 4.63. The maximum Gasteiger partial charge on any atom is 0.271 e. The third-order valence-corrected chi connectivity index (χ3v) is 5.19. The van der Waals surface area contributed by atoms with Crippen LogP contribution in [0, 0.1) is 18.3 Å². The highest BCUT2D eigenvalue weighted by atomic mass is 35.5. The molecule has 2 heterocycles. The van der Waals surface area contributed by atoms with E-state index in [0.29, 0.717) is 12.4 Å². The maximum absolute atomic E-state index is 13.3. The summed E-state index contributed by atoms with van der Waals surface area (Å²) in [5.74, 6) is -0.609. The van der Waals surface area contributed by atoms with E-state index in [0.717, 1.165) is 11.0 Å². The van der Waals surface area contributed by atoms with E-state index in [1.807, 2.05) is 13.0 Å². The number of nitriles is 1. The molecule has 0 spiro atoms. The zero-order valence-corrected chi connectivity index (χ0v) is 18.3. The molecule has 3 aromatic rings. The lowest BCUT2D eigenvalue weighted by Gasteiger charge is -2.16. The number of furan rings is 1. The number of halogens is 2. The first kappa shape index (κ1) is 22.5. The van der Waals surface area contributed by atoms with Gasteiger partial charge in [-0.3, -0.25) is 14.2 Å². The Morgan fingerprint density at radius 1 is 1.32 bits per heavy atom. The molecule has 1 N–H and O–H groups in total. The first-order valence-electron chi connectivity index (χ1n) is 9.35. The molecular weight excluding hydrogens is 443 g/mol. The molecule has 2 aromatic heterocycles. The fraction of sp³-hybridized carbons (Fsp3) is 0.227. The van der Waals surface area contributed by atoms with Crippen LogP contribution in [0.2, 0.25) is 10.0 Å². The van der Waals surface area contributed by atoms with Crippen molar-refractivity contribution >= 4 is 29.0 Å². The number of ether oxygens (including phenoxy) is 1. The molecule has 0 saturated heterocycles. The molecule has 0 fully saturated rings. The summed E-state index contributed by atoms with van der Waals surface area (Å²) in [6.07, 6.45) is 2.16. The summed E-state index contributed by atoms with van der Waals surface area (Å²) >= 11 is 12.5. The van der Waals surface area contributed by atoms with Gasteiger partial charge in [-0.1, -0.05) is 30.1 Å². The van der Waals surface area contributed by atoms with E-state index in [-0.39, 0.29) is 44.6 Å². The maximum atomic E-state index is 13.3. The van der Waals surface area contributed by atoms with Crippen molar-refractivity contribution in [2.24, 2.45) is 0 Å². The first-order valence-corrected chi connectivity index (χ1v) is 10.1. The fourth-order valence-electron chi connectivity index (χ4n) is 3.11. The van der Waals surface area contributed by atoms with Crippen LogP contribution >= 0.6 is 23.2 Å². The zero-order valence-electron chi connectivity index (χ0n) is 16.7. The molecule has 9 heteroatoms. The quantitative estimate of drug-likeness (QED) is 0.512. The lowest BCUT2D eigenvalue weighted by molar-refractivity contribution is 0.103. The number of nitrogens with zero attached hydrogens (tertiary/aromatic N) is 2. The molecule has 0 aliphatic carbocycles. The fourth-order valence-corrected chi connectivity index (χ4v) is 3.70. The summed E-state index contributed by atoms with van der Waals surface area (Å²) in [5, 5.41) is 20.6. The summed E-state index contributed by atoms with van der Waals surface area (Å²) in [7, 11) is 0. The largest absolute Gasteiger partial charge is 0.494 e. The van der Waals surface area contributed by atoms with Gasteiger partial charge in [0.15, 0.2) is 11.5 Å². The van der Waals surface area contributed by atoms with Crippen molar-refractivity contribution in [3.05, 3.63) is 78.9 Å². The Labute approximate surface area is 188 Å². The zero-order chi connectivity index (χ0) is 22.7. The van der Waals surface area contributed by atoms with Gasteiger partial charge in [0.2, 0.25) is 5.88 Å². The number of carbonyl (C=O) groups is 1. The molecule has 160 valence electrons. The second-order valence-corrected chi connectivity index (χ2v) is 7.54. The minimum Gasteiger partial charge on any atom is -0.494 e. The smallest absolute Gasteiger partial charge is 0.271 e. The molecule has 7 nitrogen and oxygen atoms in total. The number of hydrogen-bond acceptors (Lipinski definition) is 6. The SMILES string of the molecule is CCCOc1c(Cl)cc(C(=O)c2c(C)c(C#N)c(=O)n(Cc3ccco3)c2O)cc1Cl. The highest BCUT2D eigenvalue weighted by molar-refractivity contribution is 6.38. The lowest BCUT2D eigenvalue weighted by atomic mass is 9.97. The van der Waals surface area contributed by atoms with Gasteiger partial charge in [0, 0.05) is 5.56 Å². The number of benzene rings is 1. The van der Waals surface area contributed by atoms with Crippen LogP contribution < -0.4 is 10.3 Å². The van der Waals surface area contributed by atoms with Crippen LogP contribution in [0.25, 0.3) is 0 Å². The van der Waals surface area contributed by atoms with Gasteiger partial charge < -0.3 is 14.3 Å². The molecule has 0 aliphatic rings. The van der Waals surface area contributed by atoms with Crippen molar-refractivity contribution in [1.29, 1.82) is 5.26 Å². The van der Waals surface area contributed by atoms with E-state index in [1.165, 1.54) is 25.3 Å². The van der Waals surface area contributed by atoms with Crippen LogP contribution in [-0.2, 0) is 6.54 Å². The van der Waals surface area contributed by atoms with Crippen molar-refractivity contribution in [2.45, 2.75) is 26.8 Å². The van der Waals surface area contributed by atoms with E-state index < -0.39 is 17.2 Å². The molecule has 0 atom stereocenters. The van der Waals surface area contributed by atoms with E-state index >= 15 is 0 Å². The van der Waals surface area contributed by atoms with Crippen LogP contribution in [0.3, 0.4) is 0 Å². The van der Waals surface area contributed by atoms with E-state index in [9.17, 15) is 20.0 Å². The standard InChI is InChI=1S/C22H18Cl2N2O5/c1-3-6-31-20-16(23)8-13(9-17(20)24)19(27)18-12(2)15(10-25)21(28)26(22(18)29)11-14-5-4-7-30-14/h4-5,7-9,29H,3,6,11H2,1-2H3. The topological polar surface area (TPSA) is 105 Å². The van der Waals surface area contributed by atoms with Gasteiger partial charge in [-0.2, -0.15) is 5.26 Å². The Morgan fingerprint density at radius 2 is 2.00 bits per heavy atom. The number of aromatic nitrogens is 1. The number of pyridine rings is 1. The van der Waals surface area contributed by atoms with Crippen molar-refractivity contribution in [3.63, 3.8) is 0 Å². The molecule has 0 unspecified atom stereocenters. The molecule has 31 heavy (non-hydrogen) atoms.